The van der Waals surface area contributed by atoms with Crippen molar-refractivity contribution in [2.45, 2.75) is 25.7 Å². The zero-order valence-electron chi connectivity index (χ0n) is 10.6. The van der Waals surface area contributed by atoms with Crippen molar-refractivity contribution in [3.05, 3.63) is 27.9 Å². The molecule has 0 amide bonds. The molecule has 2 nitrogen and oxygen atoms in total. The lowest BCUT2D eigenvalue weighted by Crippen LogP contribution is -2.05. The van der Waals surface area contributed by atoms with Gasteiger partial charge in [0.2, 0.25) is 0 Å². The van der Waals surface area contributed by atoms with E-state index < -0.39 is 0 Å². The van der Waals surface area contributed by atoms with Gasteiger partial charge in [0.25, 0.3) is 0 Å². The summed E-state index contributed by atoms with van der Waals surface area (Å²) >= 11 is 5.32. The molecule has 2 aromatic heterocycles. The number of nitrogens with zero attached hydrogens (tertiary/aromatic N) is 1. The molecular weight excluding hydrogens is 282 g/mol. The monoisotopic (exact) mass is 299 g/mol. The number of hydrogen-bond donors (Lipinski definition) is 0. The minimum Gasteiger partial charge on any atom is -0.378 e. The van der Waals surface area contributed by atoms with Gasteiger partial charge in [-0.3, -0.25) is 0 Å². The second kappa shape index (κ2) is 7.28. The predicted molar refractivity (Wildman–Crippen MR) is 82.7 cm³/mol. The lowest BCUT2D eigenvalue weighted by molar-refractivity contribution is 0.0920. The van der Waals surface area contributed by atoms with Crippen LogP contribution in [0.15, 0.2) is 22.2 Å². The second-order valence-corrected chi connectivity index (χ2v) is 6.87. The zero-order valence-corrected chi connectivity index (χ0v) is 13.0. The molecule has 0 aliphatic heterocycles. The lowest BCUT2D eigenvalue weighted by atomic mass is 10.4. The standard InChI is InChI=1S/C13H17NOS3/c1-10(2)15-4-6-17-8-12-9-18-13(14-12)11-3-5-16-7-11/h3,5,7,9-10H,4,6,8H2,1-2H3. The van der Waals surface area contributed by atoms with Crippen LogP contribution in [0.25, 0.3) is 10.6 Å². The third kappa shape index (κ3) is 4.39. The highest BCUT2D eigenvalue weighted by atomic mass is 32.2. The Bertz CT molecular complexity index is 451. The van der Waals surface area contributed by atoms with E-state index in [9.17, 15) is 0 Å². The van der Waals surface area contributed by atoms with Gasteiger partial charge in [-0.25, -0.2) is 4.98 Å². The number of ether oxygens (including phenoxy) is 1. The third-order valence-corrected chi connectivity index (χ3v) is 4.83. The zero-order chi connectivity index (χ0) is 12.8. The quantitative estimate of drug-likeness (QED) is 0.701. The molecule has 0 bridgehead atoms. The summed E-state index contributed by atoms with van der Waals surface area (Å²) in [6.07, 6.45) is 0.329. The molecule has 5 heteroatoms. The van der Waals surface area contributed by atoms with Crippen LogP contribution in [-0.4, -0.2) is 23.4 Å². The summed E-state index contributed by atoms with van der Waals surface area (Å²) < 4.78 is 5.51. The van der Waals surface area contributed by atoms with Gasteiger partial charge in [0, 0.05) is 27.8 Å². The van der Waals surface area contributed by atoms with Crippen molar-refractivity contribution >= 4 is 34.4 Å². The average Bonchev–Trinajstić information content (AvgIpc) is 2.98. The van der Waals surface area contributed by atoms with Gasteiger partial charge in [0.05, 0.1) is 18.4 Å². The maximum Gasteiger partial charge on any atom is 0.124 e. The number of rotatable bonds is 7. The first-order chi connectivity index (χ1) is 8.75. The van der Waals surface area contributed by atoms with Gasteiger partial charge < -0.3 is 4.74 Å². The maximum absolute atomic E-state index is 5.51. The van der Waals surface area contributed by atoms with Crippen LogP contribution in [0.1, 0.15) is 19.5 Å². The van der Waals surface area contributed by atoms with Crippen molar-refractivity contribution in [1.82, 2.24) is 4.98 Å². The molecule has 0 radical (unpaired) electrons. The highest BCUT2D eigenvalue weighted by Gasteiger charge is 2.05. The summed E-state index contributed by atoms with van der Waals surface area (Å²) in [7, 11) is 0. The summed E-state index contributed by atoms with van der Waals surface area (Å²) in [5.74, 6) is 2.01. The van der Waals surface area contributed by atoms with E-state index in [1.165, 1.54) is 11.3 Å². The van der Waals surface area contributed by atoms with Crippen molar-refractivity contribution in [3.63, 3.8) is 0 Å². The van der Waals surface area contributed by atoms with Crippen LogP contribution < -0.4 is 0 Å². The topological polar surface area (TPSA) is 22.1 Å². The highest BCUT2D eigenvalue weighted by Crippen LogP contribution is 2.26. The van der Waals surface area contributed by atoms with Crippen molar-refractivity contribution in [1.29, 1.82) is 0 Å². The molecule has 0 atom stereocenters. The van der Waals surface area contributed by atoms with E-state index in [2.05, 4.69) is 41.0 Å². The first kappa shape index (κ1) is 14.1. The number of thiazole rings is 1. The molecule has 0 aromatic carbocycles. The van der Waals surface area contributed by atoms with Crippen molar-refractivity contribution in [3.8, 4) is 10.6 Å². The SMILES string of the molecule is CC(C)OCCSCc1csc(-c2ccsc2)n1. The first-order valence-corrected chi connectivity index (χ1v) is 8.89. The molecule has 0 unspecified atom stereocenters. The van der Waals surface area contributed by atoms with Gasteiger partial charge in [-0.05, 0) is 25.3 Å². The summed E-state index contributed by atoms with van der Waals surface area (Å²) in [5, 5.41) is 7.52. The summed E-state index contributed by atoms with van der Waals surface area (Å²) in [6.45, 7) is 4.96. The molecule has 0 aliphatic carbocycles. The van der Waals surface area contributed by atoms with Crippen LogP contribution in [-0.2, 0) is 10.5 Å². The Morgan fingerprint density at radius 1 is 1.39 bits per heavy atom. The number of thioether (sulfide) groups is 1. The second-order valence-electron chi connectivity index (χ2n) is 4.13. The largest absolute Gasteiger partial charge is 0.378 e. The molecule has 2 rings (SSSR count). The number of aromatic nitrogens is 1. The van der Waals surface area contributed by atoms with Crippen molar-refractivity contribution in [2.75, 3.05) is 12.4 Å². The minimum absolute atomic E-state index is 0.329. The van der Waals surface area contributed by atoms with E-state index >= 15 is 0 Å². The van der Waals surface area contributed by atoms with Crippen LogP contribution >= 0.6 is 34.4 Å². The van der Waals surface area contributed by atoms with Gasteiger partial charge in [0.15, 0.2) is 0 Å². The minimum atomic E-state index is 0.329. The fourth-order valence-corrected chi connectivity index (χ4v) is 3.76. The molecule has 98 valence electrons. The molecule has 18 heavy (non-hydrogen) atoms. The molecule has 0 aliphatic rings. The van der Waals surface area contributed by atoms with Crippen LogP contribution in [0.3, 0.4) is 0 Å². The Morgan fingerprint density at radius 2 is 2.28 bits per heavy atom. The Hall–Kier alpha value is -0.360. The molecule has 0 N–H and O–H groups in total. The maximum atomic E-state index is 5.51. The molecule has 2 heterocycles. The normalized spacial score (nSPS) is 11.3. The first-order valence-electron chi connectivity index (χ1n) is 5.92. The van der Waals surface area contributed by atoms with Gasteiger partial charge >= 0.3 is 0 Å². The average molecular weight is 299 g/mol. The van der Waals surface area contributed by atoms with Gasteiger partial charge in [-0.1, -0.05) is 0 Å². The van der Waals surface area contributed by atoms with Crippen LogP contribution in [0.2, 0.25) is 0 Å². The van der Waals surface area contributed by atoms with E-state index in [4.69, 9.17) is 4.74 Å². The molecule has 0 saturated carbocycles. The summed E-state index contributed by atoms with van der Waals surface area (Å²) in [6, 6.07) is 2.12. The lowest BCUT2D eigenvalue weighted by Gasteiger charge is -2.05. The molecular formula is C13H17NOS3. The highest BCUT2D eigenvalue weighted by molar-refractivity contribution is 7.98. The van der Waals surface area contributed by atoms with Crippen molar-refractivity contribution < 1.29 is 4.74 Å². The molecule has 0 spiro atoms. The van der Waals surface area contributed by atoms with E-state index in [1.807, 2.05) is 11.8 Å². The Kier molecular flexibility index (Phi) is 5.69. The van der Waals surface area contributed by atoms with Gasteiger partial charge in [-0.15, -0.1) is 11.3 Å². The number of thiophene rings is 1. The summed E-state index contributed by atoms with van der Waals surface area (Å²) in [4.78, 5) is 4.65. The van der Waals surface area contributed by atoms with Gasteiger partial charge in [-0.2, -0.15) is 23.1 Å². The van der Waals surface area contributed by atoms with Crippen molar-refractivity contribution in [2.24, 2.45) is 0 Å². The Labute approximate surface area is 120 Å². The van der Waals surface area contributed by atoms with Gasteiger partial charge in [0.1, 0.15) is 5.01 Å². The third-order valence-electron chi connectivity index (χ3n) is 2.25. The molecule has 2 aromatic rings. The molecule has 0 fully saturated rings. The Balaban J connectivity index is 1.74. The Morgan fingerprint density at radius 3 is 3.00 bits per heavy atom. The number of hydrogen-bond acceptors (Lipinski definition) is 5. The van der Waals surface area contributed by atoms with Crippen LogP contribution in [0, 0.1) is 0 Å². The van der Waals surface area contributed by atoms with E-state index in [-0.39, 0.29) is 0 Å². The fraction of sp³-hybridized carbons (Fsp3) is 0.462. The molecule has 0 saturated heterocycles. The summed E-state index contributed by atoms with van der Waals surface area (Å²) in [5.41, 5.74) is 2.42. The van der Waals surface area contributed by atoms with Crippen LogP contribution in [0.4, 0.5) is 0 Å². The predicted octanol–water partition coefficient (Wildman–Crippen LogP) is 4.53. The smallest absolute Gasteiger partial charge is 0.124 e. The van der Waals surface area contributed by atoms with E-state index in [0.717, 1.165) is 23.1 Å². The van der Waals surface area contributed by atoms with E-state index in [1.54, 1.807) is 22.7 Å². The van der Waals surface area contributed by atoms with Crippen LogP contribution in [0.5, 0.6) is 0 Å². The van der Waals surface area contributed by atoms with E-state index in [0.29, 0.717) is 6.10 Å². The fourth-order valence-electron chi connectivity index (χ4n) is 1.41.